The summed E-state index contributed by atoms with van der Waals surface area (Å²) in [5.41, 5.74) is 5.56. The Morgan fingerprint density at radius 1 is 1.50 bits per heavy atom. The molecule has 0 aliphatic carbocycles. The molecule has 2 heteroatoms. The fraction of sp³-hybridized carbons (Fsp3) is 1.00. The normalized spacial score (nSPS) is 14.6. The summed E-state index contributed by atoms with van der Waals surface area (Å²) in [5.74, 6) is 0. The lowest BCUT2D eigenvalue weighted by atomic mass is 10.3. The van der Waals surface area contributed by atoms with E-state index in [1.807, 2.05) is 0 Å². The quantitative estimate of drug-likeness (QED) is 0.532. The van der Waals surface area contributed by atoms with Crippen LogP contribution in [0.3, 0.4) is 0 Å². The van der Waals surface area contributed by atoms with Gasteiger partial charge in [-0.3, -0.25) is 5.32 Å². The SMILES string of the molecule is CCC(N)NC(C)C. The molecule has 0 heterocycles. The standard InChI is InChI=1S/C6H16N2/c1-4-6(7)8-5(2)3/h5-6,8H,4,7H2,1-3H3. The topological polar surface area (TPSA) is 38.0 Å². The Kier molecular flexibility index (Phi) is 3.83. The molecule has 0 aromatic heterocycles. The third kappa shape index (κ3) is 4.09. The van der Waals surface area contributed by atoms with Gasteiger partial charge < -0.3 is 5.73 Å². The van der Waals surface area contributed by atoms with Gasteiger partial charge in [0.05, 0.1) is 6.17 Å². The average molecular weight is 116 g/mol. The van der Waals surface area contributed by atoms with Crippen LogP contribution in [-0.4, -0.2) is 12.2 Å². The van der Waals surface area contributed by atoms with Gasteiger partial charge in [-0.1, -0.05) is 6.92 Å². The van der Waals surface area contributed by atoms with E-state index in [9.17, 15) is 0 Å². The minimum atomic E-state index is 0.176. The minimum absolute atomic E-state index is 0.176. The summed E-state index contributed by atoms with van der Waals surface area (Å²) in [6.45, 7) is 6.26. The molecule has 8 heavy (non-hydrogen) atoms. The van der Waals surface area contributed by atoms with E-state index in [0.717, 1.165) is 6.42 Å². The Labute approximate surface area is 51.5 Å². The van der Waals surface area contributed by atoms with Crippen molar-refractivity contribution in [3.05, 3.63) is 0 Å². The molecule has 0 aliphatic rings. The summed E-state index contributed by atoms with van der Waals surface area (Å²) >= 11 is 0. The lowest BCUT2D eigenvalue weighted by Crippen LogP contribution is -2.40. The van der Waals surface area contributed by atoms with Crippen molar-refractivity contribution in [2.24, 2.45) is 5.73 Å². The molecule has 0 radical (unpaired) electrons. The summed E-state index contributed by atoms with van der Waals surface area (Å²) in [7, 11) is 0. The van der Waals surface area contributed by atoms with Crippen LogP contribution in [0.1, 0.15) is 27.2 Å². The second kappa shape index (κ2) is 3.87. The van der Waals surface area contributed by atoms with Crippen LogP contribution in [0.15, 0.2) is 0 Å². The van der Waals surface area contributed by atoms with Crippen LogP contribution in [0.25, 0.3) is 0 Å². The van der Waals surface area contributed by atoms with E-state index < -0.39 is 0 Å². The van der Waals surface area contributed by atoms with Crippen LogP contribution < -0.4 is 11.1 Å². The smallest absolute Gasteiger partial charge is 0.0545 e. The number of nitrogens with two attached hydrogens (primary N) is 1. The van der Waals surface area contributed by atoms with Crippen molar-refractivity contribution >= 4 is 0 Å². The maximum Gasteiger partial charge on any atom is 0.0545 e. The third-order valence-electron chi connectivity index (χ3n) is 0.987. The van der Waals surface area contributed by atoms with Gasteiger partial charge >= 0.3 is 0 Å². The van der Waals surface area contributed by atoms with Crippen LogP contribution in [0.4, 0.5) is 0 Å². The van der Waals surface area contributed by atoms with Crippen molar-refractivity contribution in [3.63, 3.8) is 0 Å². The van der Waals surface area contributed by atoms with Crippen molar-refractivity contribution in [2.75, 3.05) is 0 Å². The average Bonchev–Trinajstić information content (AvgIpc) is 1.65. The van der Waals surface area contributed by atoms with Gasteiger partial charge in [0.1, 0.15) is 0 Å². The lowest BCUT2D eigenvalue weighted by Gasteiger charge is -2.13. The summed E-state index contributed by atoms with van der Waals surface area (Å²) in [4.78, 5) is 0. The molecule has 1 atom stereocenters. The molecule has 3 N–H and O–H groups in total. The second-order valence-corrected chi connectivity index (χ2v) is 2.34. The van der Waals surface area contributed by atoms with E-state index in [4.69, 9.17) is 5.73 Å². The molecule has 50 valence electrons. The first-order valence-electron chi connectivity index (χ1n) is 3.18. The lowest BCUT2D eigenvalue weighted by molar-refractivity contribution is 0.463. The first kappa shape index (κ1) is 7.92. The fourth-order valence-corrected chi connectivity index (χ4v) is 0.546. The number of nitrogens with one attached hydrogen (secondary N) is 1. The molecule has 2 nitrogen and oxygen atoms in total. The molecule has 0 aromatic carbocycles. The molecule has 0 rings (SSSR count). The first-order chi connectivity index (χ1) is 3.66. The minimum Gasteiger partial charge on any atom is -0.316 e. The van der Waals surface area contributed by atoms with E-state index in [1.165, 1.54) is 0 Å². The van der Waals surface area contributed by atoms with Crippen molar-refractivity contribution in [1.82, 2.24) is 5.32 Å². The number of hydrogen-bond donors (Lipinski definition) is 2. The van der Waals surface area contributed by atoms with Gasteiger partial charge in [-0.2, -0.15) is 0 Å². The van der Waals surface area contributed by atoms with Crippen molar-refractivity contribution in [1.29, 1.82) is 0 Å². The highest BCUT2D eigenvalue weighted by molar-refractivity contribution is 4.58. The summed E-state index contributed by atoms with van der Waals surface area (Å²) < 4.78 is 0. The van der Waals surface area contributed by atoms with Gasteiger partial charge in [-0.05, 0) is 20.3 Å². The number of hydrogen-bond acceptors (Lipinski definition) is 2. The summed E-state index contributed by atoms with van der Waals surface area (Å²) in [5, 5.41) is 3.17. The van der Waals surface area contributed by atoms with E-state index in [1.54, 1.807) is 0 Å². The highest BCUT2D eigenvalue weighted by Crippen LogP contribution is 1.83. The molecule has 0 fully saturated rings. The molecule has 0 bridgehead atoms. The highest BCUT2D eigenvalue weighted by Gasteiger charge is 1.97. The number of rotatable bonds is 3. The van der Waals surface area contributed by atoms with Crippen molar-refractivity contribution < 1.29 is 0 Å². The molecule has 0 saturated carbocycles. The van der Waals surface area contributed by atoms with E-state index in [-0.39, 0.29) is 6.17 Å². The van der Waals surface area contributed by atoms with E-state index in [2.05, 4.69) is 26.1 Å². The highest BCUT2D eigenvalue weighted by atomic mass is 15.0. The van der Waals surface area contributed by atoms with Crippen LogP contribution in [0.5, 0.6) is 0 Å². The monoisotopic (exact) mass is 116 g/mol. The van der Waals surface area contributed by atoms with Crippen molar-refractivity contribution in [3.8, 4) is 0 Å². The maximum atomic E-state index is 5.56. The Hall–Kier alpha value is -0.0800. The van der Waals surface area contributed by atoms with Gasteiger partial charge in [0.25, 0.3) is 0 Å². The van der Waals surface area contributed by atoms with E-state index >= 15 is 0 Å². The Morgan fingerprint density at radius 2 is 2.00 bits per heavy atom. The Balaban J connectivity index is 3.10. The van der Waals surface area contributed by atoms with Crippen LogP contribution in [-0.2, 0) is 0 Å². The second-order valence-electron chi connectivity index (χ2n) is 2.34. The van der Waals surface area contributed by atoms with Crippen molar-refractivity contribution in [2.45, 2.75) is 39.4 Å². The molecule has 0 amide bonds. The van der Waals surface area contributed by atoms with Gasteiger partial charge in [0.15, 0.2) is 0 Å². The zero-order valence-electron chi connectivity index (χ0n) is 5.94. The molecule has 0 spiro atoms. The van der Waals surface area contributed by atoms with Crippen LogP contribution >= 0.6 is 0 Å². The molecular weight excluding hydrogens is 100 g/mol. The molecule has 0 saturated heterocycles. The Bertz CT molecular complexity index is 52.5. The van der Waals surface area contributed by atoms with Gasteiger partial charge in [0.2, 0.25) is 0 Å². The predicted octanol–water partition coefficient (Wildman–Crippen LogP) is 0.679. The van der Waals surface area contributed by atoms with Gasteiger partial charge in [0, 0.05) is 6.04 Å². The van der Waals surface area contributed by atoms with Gasteiger partial charge in [-0.25, -0.2) is 0 Å². The maximum absolute atomic E-state index is 5.56. The predicted molar refractivity (Wildman–Crippen MR) is 36.5 cm³/mol. The zero-order chi connectivity index (χ0) is 6.57. The zero-order valence-corrected chi connectivity index (χ0v) is 5.94. The molecule has 0 aliphatic heterocycles. The first-order valence-corrected chi connectivity index (χ1v) is 3.18. The fourth-order valence-electron chi connectivity index (χ4n) is 0.546. The molecule has 1 unspecified atom stereocenters. The summed E-state index contributed by atoms with van der Waals surface area (Å²) in [6, 6.07) is 0.505. The summed E-state index contributed by atoms with van der Waals surface area (Å²) in [6.07, 6.45) is 1.17. The largest absolute Gasteiger partial charge is 0.316 e. The molecular formula is C6H16N2. The van der Waals surface area contributed by atoms with E-state index in [0.29, 0.717) is 6.04 Å². The van der Waals surface area contributed by atoms with Crippen LogP contribution in [0.2, 0.25) is 0 Å². The van der Waals surface area contributed by atoms with Crippen LogP contribution in [0, 0.1) is 0 Å². The van der Waals surface area contributed by atoms with Gasteiger partial charge in [-0.15, -0.1) is 0 Å². The third-order valence-corrected chi connectivity index (χ3v) is 0.987. The Morgan fingerprint density at radius 3 is 2.12 bits per heavy atom. The molecule has 0 aromatic rings.